The molecule has 0 bridgehead atoms. The standard InChI is InChI=1S/C31H25NO2P2/c1-22-11-10-12-23(21-22)32(35-30-19-8-4-15-26(30)24-13-2-6-17-28(24)33-35)36-31-20-9-5-16-27(31)25-14-3-7-18-29(25)34-36/h2-10,12-22H,11H2,1H3. The maximum Gasteiger partial charge on any atom is 0.232 e. The van der Waals surface area contributed by atoms with Crippen molar-refractivity contribution in [3.63, 3.8) is 0 Å². The number of hydrogen-bond donors (Lipinski definition) is 0. The first-order valence-corrected chi connectivity index (χ1v) is 14.7. The van der Waals surface area contributed by atoms with Gasteiger partial charge in [0.2, 0.25) is 16.6 Å². The van der Waals surface area contributed by atoms with E-state index in [2.05, 4.69) is 127 Å². The highest BCUT2D eigenvalue weighted by Gasteiger charge is 2.42. The highest BCUT2D eigenvalue weighted by Crippen LogP contribution is 2.64. The van der Waals surface area contributed by atoms with E-state index < -0.39 is 16.6 Å². The zero-order chi connectivity index (χ0) is 24.1. The molecular formula is C31H25NO2P2. The van der Waals surface area contributed by atoms with Gasteiger partial charge < -0.3 is 9.05 Å². The van der Waals surface area contributed by atoms with Gasteiger partial charge in [-0.2, -0.15) is 0 Å². The fourth-order valence-electron chi connectivity index (χ4n) is 5.08. The molecule has 0 saturated heterocycles. The van der Waals surface area contributed by atoms with Gasteiger partial charge in [0, 0.05) is 27.4 Å². The number of benzene rings is 4. The Balaban J connectivity index is 1.44. The van der Waals surface area contributed by atoms with E-state index in [0.29, 0.717) is 5.92 Å². The largest absolute Gasteiger partial charge is 0.448 e. The Morgan fingerprint density at radius 3 is 1.64 bits per heavy atom. The molecule has 176 valence electrons. The van der Waals surface area contributed by atoms with Crippen molar-refractivity contribution in [2.24, 2.45) is 5.92 Å². The fourth-order valence-corrected chi connectivity index (χ4v) is 9.83. The summed E-state index contributed by atoms with van der Waals surface area (Å²) in [4.78, 5) is 0. The first-order valence-electron chi connectivity index (χ1n) is 12.3. The van der Waals surface area contributed by atoms with Gasteiger partial charge in [-0.25, -0.2) is 0 Å². The molecule has 3 nitrogen and oxygen atoms in total. The monoisotopic (exact) mass is 505 g/mol. The second-order valence-corrected chi connectivity index (χ2v) is 12.8. The van der Waals surface area contributed by atoms with Crippen LogP contribution in [0.5, 0.6) is 11.5 Å². The molecule has 4 aromatic rings. The molecule has 2 heterocycles. The Labute approximate surface area is 214 Å². The van der Waals surface area contributed by atoms with Gasteiger partial charge in [0.15, 0.2) is 0 Å². The zero-order valence-electron chi connectivity index (χ0n) is 19.9. The molecule has 5 heteroatoms. The molecule has 0 saturated carbocycles. The summed E-state index contributed by atoms with van der Waals surface area (Å²) in [5.74, 6) is 2.32. The SMILES string of the molecule is CC1C=C(N(P2Oc3ccccc3-c3ccccc32)P2Oc3ccccc3-c3ccccc32)C=CC1. The van der Waals surface area contributed by atoms with E-state index in [0.717, 1.165) is 29.0 Å². The van der Waals surface area contributed by atoms with Crippen LogP contribution in [0.3, 0.4) is 0 Å². The van der Waals surface area contributed by atoms with Crippen LogP contribution in [-0.2, 0) is 0 Å². The maximum absolute atomic E-state index is 6.92. The third-order valence-corrected chi connectivity index (χ3v) is 11.2. The van der Waals surface area contributed by atoms with Crippen molar-refractivity contribution in [2.75, 3.05) is 0 Å². The topological polar surface area (TPSA) is 21.7 Å². The molecule has 0 fully saturated rings. The van der Waals surface area contributed by atoms with E-state index in [4.69, 9.17) is 9.05 Å². The van der Waals surface area contributed by atoms with E-state index in [1.165, 1.54) is 27.4 Å². The van der Waals surface area contributed by atoms with Crippen molar-refractivity contribution in [2.45, 2.75) is 13.3 Å². The van der Waals surface area contributed by atoms with Crippen LogP contribution in [-0.4, -0.2) is 4.44 Å². The molecule has 2 aliphatic heterocycles. The van der Waals surface area contributed by atoms with Gasteiger partial charge in [-0.05, 0) is 53.8 Å². The van der Waals surface area contributed by atoms with E-state index in [9.17, 15) is 0 Å². The molecule has 7 rings (SSSR count). The van der Waals surface area contributed by atoms with Gasteiger partial charge in [-0.3, -0.25) is 4.44 Å². The van der Waals surface area contributed by atoms with E-state index in [1.54, 1.807) is 0 Å². The van der Waals surface area contributed by atoms with E-state index in [1.807, 2.05) is 0 Å². The van der Waals surface area contributed by atoms with Gasteiger partial charge in [-0.1, -0.05) is 91.9 Å². The number of hydrogen-bond acceptors (Lipinski definition) is 3. The summed E-state index contributed by atoms with van der Waals surface area (Å²) in [5.41, 5.74) is 5.95. The minimum Gasteiger partial charge on any atom is -0.448 e. The Morgan fingerprint density at radius 1 is 0.639 bits per heavy atom. The van der Waals surface area contributed by atoms with Crippen molar-refractivity contribution >= 4 is 27.2 Å². The minimum atomic E-state index is -1.20. The van der Waals surface area contributed by atoms with Crippen molar-refractivity contribution in [3.8, 4) is 33.8 Å². The summed E-state index contributed by atoms with van der Waals surface area (Å²) in [7, 11) is -2.40. The quantitative estimate of drug-likeness (QED) is 0.262. The molecule has 4 aromatic carbocycles. The number of nitrogens with zero attached hydrogens (tertiary/aromatic N) is 1. The highest BCUT2D eigenvalue weighted by atomic mass is 31.2. The smallest absolute Gasteiger partial charge is 0.232 e. The molecule has 0 radical (unpaired) electrons. The highest BCUT2D eigenvalue weighted by molar-refractivity contribution is 7.74. The number of para-hydroxylation sites is 2. The molecule has 0 N–H and O–H groups in total. The van der Waals surface area contributed by atoms with Crippen LogP contribution < -0.4 is 19.7 Å². The molecule has 0 amide bonds. The van der Waals surface area contributed by atoms with E-state index in [-0.39, 0.29) is 0 Å². The first kappa shape index (κ1) is 21.9. The van der Waals surface area contributed by atoms with Gasteiger partial charge in [0.05, 0.1) is 0 Å². The van der Waals surface area contributed by atoms with Crippen LogP contribution in [0.2, 0.25) is 0 Å². The molecule has 0 spiro atoms. The molecule has 36 heavy (non-hydrogen) atoms. The molecule has 1 aliphatic carbocycles. The summed E-state index contributed by atoms with van der Waals surface area (Å²) >= 11 is 0. The summed E-state index contributed by atoms with van der Waals surface area (Å²) in [6.45, 7) is 2.28. The first-order chi connectivity index (χ1) is 17.8. The van der Waals surface area contributed by atoms with Crippen molar-refractivity contribution < 1.29 is 9.05 Å². The molecule has 3 unspecified atom stereocenters. The lowest BCUT2D eigenvalue weighted by Crippen LogP contribution is -2.31. The predicted octanol–water partition coefficient (Wildman–Crippen LogP) is 8.16. The number of fused-ring (bicyclic) bond motifs is 6. The normalized spacial score (nSPS) is 21.0. The lowest BCUT2D eigenvalue weighted by molar-refractivity contribution is 0.548. The average molecular weight is 505 g/mol. The van der Waals surface area contributed by atoms with Crippen LogP contribution in [0.25, 0.3) is 22.3 Å². The van der Waals surface area contributed by atoms with Gasteiger partial charge >= 0.3 is 0 Å². The summed E-state index contributed by atoms with van der Waals surface area (Å²) in [5, 5.41) is 2.45. The van der Waals surface area contributed by atoms with Crippen LogP contribution in [0.15, 0.2) is 121 Å². The lowest BCUT2D eigenvalue weighted by Gasteiger charge is -2.43. The average Bonchev–Trinajstić information content (AvgIpc) is 2.93. The second kappa shape index (κ2) is 8.93. The Kier molecular flexibility index (Phi) is 5.42. The number of allylic oxidation sites excluding steroid dienone is 3. The van der Waals surface area contributed by atoms with Crippen LogP contribution in [0.1, 0.15) is 13.3 Å². The van der Waals surface area contributed by atoms with Gasteiger partial charge in [-0.15, -0.1) is 0 Å². The Hall–Kier alpha value is -3.38. The lowest BCUT2D eigenvalue weighted by atomic mass is 10.0. The third-order valence-electron chi connectivity index (χ3n) is 6.77. The van der Waals surface area contributed by atoms with Gasteiger partial charge in [0.1, 0.15) is 11.5 Å². The zero-order valence-corrected chi connectivity index (χ0v) is 21.7. The second-order valence-electron chi connectivity index (χ2n) is 9.25. The molecular weight excluding hydrogens is 480 g/mol. The Morgan fingerprint density at radius 2 is 1.11 bits per heavy atom. The predicted molar refractivity (Wildman–Crippen MR) is 151 cm³/mol. The van der Waals surface area contributed by atoms with Crippen molar-refractivity contribution in [1.82, 2.24) is 4.44 Å². The van der Waals surface area contributed by atoms with Crippen LogP contribution in [0.4, 0.5) is 0 Å². The Bertz CT molecular complexity index is 1430. The van der Waals surface area contributed by atoms with Crippen LogP contribution >= 0.6 is 16.6 Å². The summed E-state index contributed by atoms with van der Waals surface area (Å²) < 4.78 is 16.3. The molecule has 3 atom stereocenters. The molecule has 3 aliphatic rings. The number of rotatable bonds is 3. The van der Waals surface area contributed by atoms with E-state index >= 15 is 0 Å². The maximum atomic E-state index is 6.92. The third kappa shape index (κ3) is 3.58. The van der Waals surface area contributed by atoms with Crippen LogP contribution in [0, 0.1) is 5.92 Å². The summed E-state index contributed by atoms with van der Waals surface area (Å²) in [6, 6.07) is 34.1. The fraction of sp³-hybridized carbons (Fsp3) is 0.0968. The molecule has 0 aromatic heterocycles. The van der Waals surface area contributed by atoms with Crippen molar-refractivity contribution in [1.29, 1.82) is 0 Å². The summed E-state index contributed by atoms with van der Waals surface area (Å²) in [6.07, 6.45) is 7.96. The minimum absolute atomic E-state index is 0.456. The van der Waals surface area contributed by atoms with Crippen molar-refractivity contribution in [3.05, 3.63) is 121 Å². The van der Waals surface area contributed by atoms with Gasteiger partial charge in [0.25, 0.3) is 0 Å².